The minimum Gasteiger partial charge on any atom is -0.496 e. The van der Waals surface area contributed by atoms with Crippen molar-refractivity contribution in [2.75, 3.05) is 52.9 Å². The number of piperazine rings is 1. The Labute approximate surface area is 233 Å². The zero-order valence-electron chi connectivity index (χ0n) is 23.1. The van der Waals surface area contributed by atoms with Crippen molar-refractivity contribution in [3.05, 3.63) is 70.8 Å². The Morgan fingerprint density at radius 2 is 1.76 bits per heavy atom. The van der Waals surface area contributed by atoms with Crippen LogP contribution in [0.1, 0.15) is 55.5 Å². The van der Waals surface area contributed by atoms with Crippen LogP contribution >= 0.6 is 11.6 Å². The first-order chi connectivity index (χ1) is 18.5. The fourth-order valence-corrected chi connectivity index (χ4v) is 5.07. The molecule has 0 N–H and O–H groups in total. The molecule has 7 heteroatoms. The van der Waals surface area contributed by atoms with E-state index in [-0.39, 0.29) is 11.8 Å². The molecule has 1 aliphatic rings. The van der Waals surface area contributed by atoms with Crippen LogP contribution in [-0.4, -0.2) is 79.4 Å². The Kier molecular flexibility index (Phi) is 12.2. The van der Waals surface area contributed by atoms with Crippen molar-refractivity contribution < 1.29 is 14.3 Å². The van der Waals surface area contributed by atoms with Crippen LogP contribution in [0.25, 0.3) is 6.08 Å². The molecule has 206 valence electrons. The maximum atomic E-state index is 13.5. The number of nitrogens with zero attached hydrogens (tertiary/aromatic N) is 3. The monoisotopic (exact) mass is 539 g/mol. The van der Waals surface area contributed by atoms with Crippen molar-refractivity contribution in [3.63, 3.8) is 0 Å². The highest BCUT2D eigenvalue weighted by Crippen LogP contribution is 2.21. The molecular formula is C31H42ClN3O3. The summed E-state index contributed by atoms with van der Waals surface area (Å²) < 4.78 is 5.44. The summed E-state index contributed by atoms with van der Waals surface area (Å²) in [4.78, 5) is 32.7. The molecule has 1 aliphatic heterocycles. The third-order valence-corrected chi connectivity index (χ3v) is 7.60. The number of para-hydroxylation sites is 1. The maximum Gasteiger partial charge on any atom is 0.255 e. The minimum atomic E-state index is -0.0872. The number of hydrogen-bond acceptors (Lipinski definition) is 4. The summed E-state index contributed by atoms with van der Waals surface area (Å²) in [6, 6.07) is 15.0. The van der Waals surface area contributed by atoms with E-state index in [1.165, 1.54) is 0 Å². The van der Waals surface area contributed by atoms with Crippen LogP contribution in [0.4, 0.5) is 0 Å². The van der Waals surface area contributed by atoms with E-state index in [1.54, 1.807) is 19.2 Å². The molecule has 3 rings (SSSR count). The fourth-order valence-electron chi connectivity index (χ4n) is 4.86. The van der Waals surface area contributed by atoms with Crippen molar-refractivity contribution in [2.24, 2.45) is 5.92 Å². The van der Waals surface area contributed by atoms with E-state index in [0.29, 0.717) is 29.6 Å². The fraction of sp³-hybridized carbons (Fsp3) is 0.484. The van der Waals surface area contributed by atoms with Gasteiger partial charge < -0.3 is 14.5 Å². The largest absolute Gasteiger partial charge is 0.496 e. The molecule has 0 aliphatic carbocycles. The minimum absolute atomic E-state index is 0.0872. The van der Waals surface area contributed by atoms with Crippen LogP contribution in [0.15, 0.2) is 54.6 Å². The summed E-state index contributed by atoms with van der Waals surface area (Å²) in [5.74, 6) is 1.15. The molecule has 1 saturated heterocycles. The van der Waals surface area contributed by atoms with Gasteiger partial charge in [0.1, 0.15) is 5.75 Å². The lowest BCUT2D eigenvalue weighted by molar-refractivity contribution is -0.137. The molecule has 0 bridgehead atoms. The quantitative estimate of drug-likeness (QED) is 0.320. The number of unbranched alkanes of at least 4 members (excludes halogenated alkanes) is 1. The number of benzene rings is 2. The second kappa shape index (κ2) is 15.6. The van der Waals surface area contributed by atoms with Gasteiger partial charge in [0.15, 0.2) is 0 Å². The van der Waals surface area contributed by atoms with Gasteiger partial charge in [-0.1, -0.05) is 80.8 Å². The van der Waals surface area contributed by atoms with E-state index in [2.05, 4.69) is 18.7 Å². The van der Waals surface area contributed by atoms with Gasteiger partial charge in [-0.2, -0.15) is 0 Å². The van der Waals surface area contributed by atoms with Gasteiger partial charge in [0.05, 0.1) is 17.7 Å². The highest BCUT2D eigenvalue weighted by Gasteiger charge is 2.26. The highest BCUT2D eigenvalue weighted by molar-refractivity contribution is 6.33. The highest BCUT2D eigenvalue weighted by atomic mass is 35.5. The van der Waals surface area contributed by atoms with E-state index in [0.717, 1.165) is 69.7 Å². The zero-order valence-corrected chi connectivity index (χ0v) is 23.8. The topological polar surface area (TPSA) is 53.1 Å². The molecule has 6 nitrogen and oxygen atoms in total. The Balaban J connectivity index is 1.62. The van der Waals surface area contributed by atoms with Crippen molar-refractivity contribution in [1.82, 2.24) is 14.7 Å². The number of carbonyl (C=O) groups is 2. The lowest BCUT2D eigenvalue weighted by Gasteiger charge is -2.37. The average molecular weight is 540 g/mol. The third kappa shape index (κ3) is 8.34. The van der Waals surface area contributed by atoms with E-state index < -0.39 is 0 Å². The van der Waals surface area contributed by atoms with E-state index in [4.69, 9.17) is 16.3 Å². The smallest absolute Gasteiger partial charge is 0.255 e. The summed E-state index contributed by atoms with van der Waals surface area (Å²) in [7, 11) is 1.65. The van der Waals surface area contributed by atoms with Gasteiger partial charge in [0.2, 0.25) is 5.91 Å². The Morgan fingerprint density at radius 1 is 1.05 bits per heavy atom. The van der Waals surface area contributed by atoms with Crippen molar-refractivity contribution in [2.45, 2.75) is 39.5 Å². The van der Waals surface area contributed by atoms with E-state index in [9.17, 15) is 9.59 Å². The molecule has 2 aromatic rings. The second-order valence-corrected chi connectivity index (χ2v) is 10.2. The molecule has 2 aromatic carbocycles. The number of carbonyl (C=O) groups excluding carboxylic acids is 2. The van der Waals surface area contributed by atoms with Gasteiger partial charge in [-0.25, -0.2) is 0 Å². The van der Waals surface area contributed by atoms with Gasteiger partial charge in [-0.3, -0.25) is 14.5 Å². The molecule has 1 heterocycles. The number of hydrogen-bond donors (Lipinski definition) is 0. The summed E-state index contributed by atoms with van der Waals surface area (Å²) in [5, 5.41) is 0.455. The molecule has 38 heavy (non-hydrogen) atoms. The molecule has 0 spiro atoms. The molecule has 2 amide bonds. The van der Waals surface area contributed by atoms with Gasteiger partial charge in [0, 0.05) is 57.3 Å². The molecule has 1 unspecified atom stereocenters. The summed E-state index contributed by atoms with van der Waals surface area (Å²) in [5.41, 5.74) is 1.47. The van der Waals surface area contributed by atoms with Gasteiger partial charge in [-0.05, 0) is 31.0 Å². The van der Waals surface area contributed by atoms with Crippen molar-refractivity contribution in [1.29, 1.82) is 0 Å². The molecule has 0 saturated carbocycles. The molecule has 1 fully saturated rings. The number of methoxy groups -OCH3 is 1. The SMILES string of the molecule is CCCCC(CC)C(=O)N1CCN(CCN(CC=Cc2ccccc2OC)C(=O)c2ccccc2Cl)CC1. The predicted molar refractivity (Wildman–Crippen MR) is 156 cm³/mol. The zero-order chi connectivity index (χ0) is 27.3. The molecule has 0 radical (unpaired) electrons. The van der Waals surface area contributed by atoms with Crippen LogP contribution in [0, 0.1) is 5.92 Å². The Morgan fingerprint density at radius 3 is 2.45 bits per heavy atom. The maximum absolute atomic E-state index is 13.5. The van der Waals surface area contributed by atoms with Crippen LogP contribution in [-0.2, 0) is 4.79 Å². The van der Waals surface area contributed by atoms with Crippen molar-refractivity contribution >= 4 is 29.5 Å². The predicted octanol–water partition coefficient (Wildman–Crippen LogP) is 5.86. The Hall–Kier alpha value is -2.83. The molecular weight excluding hydrogens is 498 g/mol. The lowest BCUT2D eigenvalue weighted by Crippen LogP contribution is -2.52. The normalized spacial score (nSPS) is 15.0. The number of rotatable bonds is 13. The van der Waals surface area contributed by atoms with Gasteiger partial charge in [-0.15, -0.1) is 0 Å². The van der Waals surface area contributed by atoms with E-state index in [1.807, 2.05) is 58.4 Å². The average Bonchev–Trinajstić information content (AvgIpc) is 2.95. The molecule has 1 atom stereocenters. The lowest BCUT2D eigenvalue weighted by atomic mass is 9.97. The van der Waals surface area contributed by atoms with Crippen LogP contribution in [0.3, 0.4) is 0 Å². The summed E-state index contributed by atoms with van der Waals surface area (Å²) in [6.07, 6.45) is 8.08. The third-order valence-electron chi connectivity index (χ3n) is 7.27. The van der Waals surface area contributed by atoms with Gasteiger partial charge in [0.25, 0.3) is 5.91 Å². The second-order valence-electron chi connectivity index (χ2n) is 9.79. The summed E-state index contributed by atoms with van der Waals surface area (Å²) >= 11 is 6.37. The standard InChI is InChI=1S/C31H42ClN3O3/c1-4-6-12-25(5-2)30(36)35-23-20-33(21-24-35)19-22-34(31(37)27-15-8-9-16-28(27)32)18-11-14-26-13-7-10-17-29(26)38-3/h7-11,13-17,25H,4-6,12,18-24H2,1-3H3. The molecule has 0 aromatic heterocycles. The summed E-state index contributed by atoms with van der Waals surface area (Å²) in [6.45, 7) is 9.18. The number of amides is 2. The van der Waals surface area contributed by atoms with Crippen LogP contribution in [0.2, 0.25) is 5.02 Å². The van der Waals surface area contributed by atoms with Crippen LogP contribution < -0.4 is 4.74 Å². The number of halogens is 1. The Bertz CT molecular complexity index is 1070. The van der Waals surface area contributed by atoms with Crippen molar-refractivity contribution in [3.8, 4) is 5.75 Å². The van der Waals surface area contributed by atoms with E-state index >= 15 is 0 Å². The first kappa shape index (κ1) is 29.7. The first-order valence-corrected chi connectivity index (χ1v) is 14.2. The van der Waals surface area contributed by atoms with Gasteiger partial charge >= 0.3 is 0 Å². The number of ether oxygens (including phenoxy) is 1. The first-order valence-electron chi connectivity index (χ1n) is 13.8. The van der Waals surface area contributed by atoms with Crippen LogP contribution in [0.5, 0.6) is 5.75 Å².